The summed E-state index contributed by atoms with van der Waals surface area (Å²) in [5, 5.41) is 9.07. The van der Waals surface area contributed by atoms with Gasteiger partial charge in [0, 0.05) is 5.33 Å². The summed E-state index contributed by atoms with van der Waals surface area (Å²) in [6.45, 7) is 0. The Kier molecular flexibility index (Phi) is 3.97. The quantitative estimate of drug-likeness (QED) is 0.798. The van der Waals surface area contributed by atoms with Gasteiger partial charge in [0.05, 0.1) is 18.4 Å². The maximum atomic E-state index is 12.6. The third-order valence-electron chi connectivity index (χ3n) is 1.72. The molecule has 1 aromatic rings. The number of halogens is 3. The van der Waals surface area contributed by atoms with Crippen LogP contribution in [-0.4, -0.2) is 12.1 Å². The van der Waals surface area contributed by atoms with Gasteiger partial charge < -0.3 is 4.74 Å². The molecule has 3 nitrogen and oxygen atoms in total. The molecule has 0 aliphatic carbocycles. The molecule has 0 atom stereocenters. The van der Waals surface area contributed by atoms with E-state index in [9.17, 15) is 8.78 Å². The lowest BCUT2D eigenvalue weighted by Gasteiger charge is -2.09. The van der Waals surface area contributed by atoms with Gasteiger partial charge in [0.2, 0.25) is 0 Å². The van der Waals surface area contributed by atoms with Gasteiger partial charge in [-0.25, -0.2) is 13.8 Å². The second kappa shape index (κ2) is 5.03. The van der Waals surface area contributed by atoms with Crippen molar-refractivity contribution in [2.75, 3.05) is 7.11 Å². The Hall–Kier alpha value is -1.22. The van der Waals surface area contributed by atoms with Gasteiger partial charge in [-0.3, -0.25) is 0 Å². The zero-order valence-corrected chi connectivity index (χ0v) is 9.38. The Morgan fingerprint density at radius 3 is 2.73 bits per heavy atom. The second-order valence-electron chi connectivity index (χ2n) is 2.63. The van der Waals surface area contributed by atoms with E-state index in [2.05, 4.69) is 20.9 Å². The second-order valence-corrected chi connectivity index (χ2v) is 3.19. The van der Waals surface area contributed by atoms with Crippen LogP contribution in [0.1, 0.15) is 23.4 Å². The normalized spacial score (nSPS) is 10.1. The lowest BCUT2D eigenvalue weighted by Crippen LogP contribution is -2.02. The topological polar surface area (TPSA) is 45.9 Å². The molecule has 0 aliphatic heterocycles. The van der Waals surface area contributed by atoms with E-state index in [0.717, 1.165) is 0 Å². The molecule has 0 radical (unpaired) electrons. The van der Waals surface area contributed by atoms with Crippen LogP contribution in [0.3, 0.4) is 0 Å². The van der Waals surface area contributed by atoms with E-state index in [1.807, 2.05) is 0 Å². The van der Waals surface area contributed by atoms with Gasteiger partial charge in [0.1, 0.15) is 11.8 Å². The summed E-state index contributed by atoms with van der Waals surface area (Å²) >= 11 is 3.09. The fourth-order valence-corrected chi connectivity index (χ4v) is 1.41. The molecule has 80 valence electrons. The monoisotopic (exact) mass is 276 g/mol. The molecular formula is C9H7BrF2N2O. The van der Waals surface area contributed by atoms with Crippen LogP contribution in [-0.2, 0) is 5.33 Å². The van der Waals surface area contributed by atoms with Crippen LogP contribution in [0.5, 0.6) is 5.75 Å². The minimum Gasteiger partial charge on any atom is -0.493 e. The number of aromatic nitrogens is 1. The van der Waals surface area contributed by atoms with Gasteiger partial charge in [-0.2, -0.15) is 5.26 Å². The third-order valence-corrected chi connectivity index (χ3v) is 2.29. The molecule has 0 amide bonds. The van der Waals surface area contributed by atoms with Crippen molar-refractivity contribution < 1.29 is 13.5 Å². The first-order valence-electron chi connectivity index (χ1n) is 3.96. The van der Waals surface area contributed by atoms with Crippen molar-refractivity contribution in [3.8, 4) is 11.8 Å². The van der Waals surface area contributed by atoms with Gasteiger partial charge in [-0.05, 0) is 6.07 Å². The van der Waals surface area contributed by atoms with Crippen molar-refractivity contribution in [3.63, 3.8) is 0 Å². The summed E-state index contributed by atoms with van der Waals surface area (Å²) in [6, 6.07) is 3.21. The van der Waals surface area contributed by atoms with Crippen molar-refractivity contribution >= 4 is 15.9 Å². The molecule has 15 heavy (non-hydrogen) atoms. The number of pyridine rings is 1. The zero-order valence-electron chi connectivity index (χ0n) is 7.80. The highest BCUT2D eigenvalue weighted by atomic mass is 79.9. The highest BCUT2D eigenvalue weighted by Crippen LogP contribution is 2.30. The van der Waals surface area contributed by atoms with Crippen molar-refractivity contribution in [1.82, 2.24) is 4.98 Å². The summed E-state index contributed by atoms with van der Waals surface area (Å²) < 4.78 is 29.9. The average molecular weight is 277 g/mol. The first-order valence-corrected chi connectivity index (χ1v) is 5.08. The summed E-state index contributed by atoms with van der Waals surface area (Å²) in [4.78, 5) is 3.70. The molecule has 0 spiro atoms. The molecule has 0 aromatic carbocycles. The van der Waals surface area contributed by atoms with E-state index in [-0.39, 0.29) is 11.3 Å². The molecule has 1 heterocycles. The van der Waals surface area contributed by atoms with Crippen molar-refractivity contribution in [3.05, 3.63) is 23.0 Å². The zero-order chi connectivity index (χ0) is 11.4. The Morgan fingerprint density at radius 1 is 1.67 bits per heavy atom. The molecular weight excluding hydrogens is 270 g/mol. The van der Waals surface area contributed by atoms with E-state index >= 15 is 0 Å². The van der Waals surface area contributed by atoms with E-state index < -0.39 is 12.1 Å². The van der Waals surface area contributed by atoms with Crippen LogP contribution in [0.15, 0.2) is 6.07 Å². The van der Waals surface area contributed by atoms with E-state index in [1.54, 1.807) is 6.07 Å². The third kappa shape index (κ3) is 2.42. The van der Waals surface area contributed by atoms with Crippen LogP contribution in [0.4, 0.5) is 8.78 Å². The fourth-order valence-electron chi connectivity index (χ4n) is 1.12. The molecule has 0 fully saturated rings. The van der Waals surface area contributed by atoms with E-state index in [0.29, 0.717) is 11.0 Å². The van der Waals surface area contributed by atoms with E-state index in [1.165, 1.54) is 13.2 Å². The van der Waals surface area contributed by atoms with Gasteiger partial charge >= 0.3 is 0 Å². The number of nitrogens with zero attached hydrogens (tertiary/aromatic N) is 2. The molecule has 1 rings (SSSR count). The number of hydrogen-bond donors (Lipinski definition) is 0. The number of nitriles is 1. The standard InChI is InChI=1S/C9H7BrF2N2O/c1-15-8-5(4-13)2-6(3-10)14-7(8)9(11)12/h2,9H,3H2,1H3. The van der Waals surface area contributed by atoms with Gasteiger partial charge in [0.15, 0.2) is 5.75 Å². The lowest BCUT2D eigenvalue weighted by molar-refractivity contribution is 0.141. The predicted molar refractivity (Wildman–Crippen MR) is 53.1 cm³/mol. The SMILES string of the molecule is COc1c(C#N)cc(CBr)nc1C(F)F. The largest absolute Gasteiger partial charge is 0.493 e. The Labute approximate surface area is 93.8 Å². The molecule has 0 saturated carbocycles. The van der Waals surface area contributed by atoms with Gasteiger partial charge in [0.25, 0.3) is 6.43 Å². The number of hydrogen-bond acceptors (Lipinski definition) is 3. The van der Waals surface area contributed by atoms with Crippen molar-refractivity contribution in [1.29, 1.82) is 5.26 Å². The Morgan fingerprint density at radius 2 is 2.33 bits per heavy atom. The van der Waals surface area contributed by atoms with Crippen LogP contribution < -0.4 is 4.74 Å². The number of methoxy groups -OCH3 is 1. The summed E-state index contributed by atoms with van der Waals surface area (Å²) in [5.74, 6) is -0.155. The Balaban J connectivity index is 3.41. The van der Waals surface area contributed by atoms with Crippen LogP contribution in [0.2, 0.25) is 0 Å². The maximum absolute atomic E-state index is 12.6. The van der Waals surface area contributed by atoms with Crippen LogP contribution >= 0.6 is 15.9 Å². The van der Waals surface area contributed by atoms with Crippen molar-refractivity contribution in [2.45, 2.75) is 11.8 Å². The van der Waals surface area contributed by atoms with Crippen molar-refractivity contribution in [2.24, 2.45) is 0 Å². The highest BCUT2D eigenvalue weighted by Gasteiger charge is 2.20. The molecule has 0 saturated heterocycles. The van der Waals surface area contributed by atoms with Gasteiger partial charge in [-0.15, -0.1) is 0 Å². The summed E-state index contributed by atoms with van der Waals surface area (Å²) in [5.41, 5.74) is -0.0501. The maximum Gasteiger partial charge on any atom is 0.284 e. The first-order chi connectivity index (χ1) is 7.13. The molecule has 6 heteroatoms. The molecule has 0 aliphatic rings. The number of rotatable bonds is 3. The average Bonchev–Trinajstić information content (AvgIpc) is 2.26. The number of ether oxygens (including phenoxy) is 1. The molecule has 0 unspecified atom stereocenters. The smallest absolute Gasteiger partial charge is 0.284 e. The summed E-state index contributed by atoms with van der Waals surface area (Å²) in [6.07, 6.45) is -2.76. The van der Waals surface area contributed by atoms with Crippen LogP contribution in [0, 0.1) is 11.3 Å². The minimum absolute atomic E-state index is 0.0669. The van der Waals surface area contributed by atoms with Gasteiger partial charge in [-0.1, -0.05) is 15.9 Å². The lowest BCUT2D eigenvalue weighted by atomic mass is 10.2. The molecule has 0 N–H and O–H groups in total. The Bertz CT molecular complexity index is 404. The molecule has 1 aromatic heterocycles. The van der Waals surface area contributed by atoms with E-state index in [4.69, 9.17) is 10.00 Å². The first kappa shape index (κ1) is 11.9. The summed E-state index contributed by atoms with van der Waals surface area (Å²) in [7, 11) is 1.23. The predicted octanol–water partition coefficient (Wildman–Crippen LogP) is 2.79. The fraction of sp³-hybridized carbons (Fsp3) is 0.333. The highest BCUT2D eigenvalue weighted by molar-refractivity contribution is 9.08. The molecule has 0 bridgehead atoms. The van der Waals surface area contributed by atoms with Crippen LogP contribution in [0.25, 0.3) is 0 Å². The number of alkyl halides is 3. The minimum atomic E-state index is -2.76.